The van der Waals surface area contributed by atoms with Crippen molar-refractivity contribution in [3.63, 3.8) is 0 Å². The molecule has 0 saturated carbocycles. The van der Waals surface area contributed by atoms with Gasteiger partial charge in [-0.15, -0.1) is 0 Å². The van der Waals surface area contributed by atoms with E-state index in [1.807, 2.05) is 0 Å². The molecule has 0 unspecified atom stereocenters. The quantitative estimate of drug-likeness (QED) is 0.836. The summed E-state index contributed by atoms with van der Waals surface area (Å²) in [6.07, 6.45) is 1.26. The predicted octanol–water partition coefficient (Wildman–Crippen LogP) is 0.566. The second kappa shape index (κ2) is 4.48. The fourth-order valence-electron chi connectivity index (χ4n) is 1.09. The topological polar surface area (TPSA) is 87.6 Å². The van der Waals surface area contributed by atoms with Crippen molar-refractivity contribution in [2.24, 2.45) is 0 Å². The van der Waals surface area contributed by atoms with Crippen LogP contribution >= 0.6 is 0 Å². The monoisotopic (exact) mass is 244 g/mol. The molecule has 16 heavy (non-hydrogen) atoms. The second-order valence-electron chi connectivity index (χ2n) is 3.07. The van der Waals surface area contributed by atoms with Crippen LogP contribution in [0.4, 0.5) is 5.69 Å². The molecule has 1 rings (SSSR count). The predicted molar refractivity (Wildman–Crippen MR) is 59.1 cm³/mol. The molecule has 6 nitrogen and oxygen atoms in total. The first-order chi connectivity index (χ1) is 7.38. The molecular formula is C9H12N2O4S. The lowest BCUT2D eigenvalue weighted by Gasteiger charge is -2.18. The highest BCUT2D eigenvalue weighted by molar-refractivity contribution is 7.92. The standard InChI is InChI=1S/C9H12N2O4S/c1-3-16(14,15)11(2)7-4-5-10-8(6-7)9(12)13/h4-6H,3H2,1-2H3,(H,12,13). The maximum absolute atomic E-state index is 11.5. The third kappa shape index (κ3) is 2.48. The van der Waals surface area contributed by atoms with Gasteiger partial charge in [-0.25, -0.2) is 18.2 Å². The zero-order chi connectivity index (χ0) is 12.3. The van der Waals surface area contributed by atoms with Crippen molar-refractivity contribution in [2.75, 3.05) is 17.1 Å². The molecule has 0 aliphatic carbocycles. The second-order valence-corrected chi connectivity index (χ2v) is 5.36. The normalized spacial score (nSPS) is 11.1. The van der Waals surface area contributed by atoms with Gasteiger partial charge in [-0.05, 0) is 19.1 Å². The van der Waals surface area contributed by atoms with Crippen LogP contribution in [0.3, 0.4) is 0 Å². The molecule has 0 aromatic carbocycles. The molecule has 0 fully saturated rings. The molecule has 7 heteroatoms. The zero-order valence-electron chi connectivity index (χ0n) is 8.91. The third-order valence-electron chi connectivity index (χ3n) is 2.11. The number of hydrogen-bond donors (Lipinski definition) is 1. The number of pyridine rings is 1. The Morgan fingerprint density at radius 3 is 2.69 bits per heavy atom. The Morgan fingerprint density at radius 1 is 1.56 bits per heavy atom. The summed E-state index contributed by atoms with van der Waals surface area (Å²) in [6.45, 7) is 1.52. The molecule has 0 aliphatic rings. The van der Waals surface area contributed by atoms with Gasteiger partial charge in [0.15, 0.2) is 0 Å². The fourth-order valence-corrected chi connectivity index (χ4v) is 1.91. The molecule has 0 atom stereocenters. The Morgan fingerprint density at radius 2 is 2.19 bits per heavy atom. The van der Waals surface area contributed by atoms with Crippen LogP contribution in [0.1, 0.15) is 17.4 Å². The maximum atomic E-state index is 11.5. The lowest BCUT2D eigenvalue weighted by molar-refractivity contribution is 0.0690. The van der Waals surface area contributed by atoms with E-state index in [1.165, 1.54) is 32.3 Å². The molecule has 88 valence electrons. The van der Waals surface area contributed by atoms with Crippen LogP contribution in [0.15, 0.2) is 18.3 Å². The summed E-state index contributed by atoms with van der Waals surface area (Å²) in [7, 11) is -2.01. The van der Waals surface area contributed by atoms with E-state index >= 15 is 0 Å². The van der Waals surface area contributed by atoms with E-state index in [-0.39, 0.29) is 17.1 Å². The summed E-state index contributed by atoms with van der Waals surface area (Å²) in [5, 5.41) is 8.72. The van der Waals surface area contributed by atoms with Crippen molar-refractivity contribution >= 4 is 21.7 Å². The minimum atomic E-state index is -3.38. The highest BCUT2D eigenvalue weighted by Gasteiger charge is 2.17. The number of carbonyl (C=O) groups is 1. The molecule has 0 saturated heterocycles. The summed E-state index contributed by atoms with van der Waals surface area (Å²) < 4.78 is 24.1. The van der Waals surface area contributed by atoms with E-state index in [4.69, 9.17) is 5.11 Å². The van der Waals surface area contributed by atoms with E-state index in [1.54, 1.807) is 0 Å². The van der Waals surface area contributed by atoms with Crippen LogP contribution in [-0.2, 0) is 10.0 Å². The van der Waals surface area contributed by atoms with Crippen molar-refractivity contribution < 1.29 is 18.3 Å². The molecule has 1 heterocycles. The first-order valence-electron chi connectivity index (χ1n) is 4.54. The Balaban J connectivity index is 3.15. The van der Waals surface area contributed by atoms with Crippen LogP contribution in [-0.4, -0.2) is 37.3 Å². The molecule has 0 aliphatic heterocycles. The molecule has 1 aromatic heterocycles. The van der Waals surface area contributed by atoms with E-state index in [9.17, 15) is 13.2 Å². The fraction of sp³-hybridized carbons (Fsp3) is 0.333. The van der Waals surface area contributed by atoms with Crippen molar-refractivity contribution in [2.45, 2.75) is 6.92 Å². The minimum Gasteiger partial charge on any atom is -0.477 e. The molecule has 1 N–H and O–H groups in total. The van der Waals surface area contributed by atoms with E-state index in [0.717, 1.165) is 4.31 Å². The van der Waals surface area contributed by atoms with Crippen molar-refractivity contribution in [3.05, 3.63) is 24.0 Å². The average molecular weight is 244 g/mol. The number of rotatable bonds is 4. The molecule has 0 bridgehead atoms. The Hall–Kier alpha value is -1.63. The smallest absolute Gasteiger partial charge is 0.354 e. The summed E-state index contributed by atoms with van der Waals surface area (Å²) in [5.41, 5.74) is 0.102. The maximum Gasteiger partial charge on any atom is 0.354 e. The van der Waals surface area contributed by atoms with Gasteiger partial charge in [0, 0.05) is 13.2 Å². The van der Waals surface area contributed by atoms with Crippen LogP contribution in [0.5, 0.6) is 0 Å². The number of sulfonamides is 1. The number of nitrogens with zero attached hydrogens (tertiary/aromatic N) is 2. The first-order valence-corrected chi connectivity index (χ1v) is 6.15. The molecule has 0 amide bonds. The molecular weight excluding hydrogens is 232 g/mol. The van der Waals surface area contributed by atoms with Gasteiger partial charge >= 0.3 is 5.97 Å². The Kier molecular flexibility index (Phi) is 3.48. The summed E-state index contributed by atoms with van der Waals surface area (Å²) in [5.74, 6) is -1.24. The van der Waals surface area contributed by atoms with Gasteiger partial charge in [-0.3, -0.25) is 4.31 Å². The van der Waals surface area contributed by atoms with E-state index in [2.05, 4.69) is 4.98 Å². The van der Waals surface area contributed by atoms with Gasteiger partial charge < -0.3 is 5.11 Å². The van der Waals surface area contributed by atoms with Gasteiger partial charge in [0.2, 0.25) is 10.0 Å². The number of carboxylic acid groups (broad SMARTS) is 1. The lowest BCUT2D eigenvalue weighted by Crippen LogP contribution is -2.28. The zero-order valence-corrected chi connectivity index (χ0v) is 9.73. The average Bonchev–Trinajstić information content (AvgIpc) is 2.28. The summed E-state index contributed by atoms with van der Waals surface area (Å²) in [4.78, 5) is 14.3. The molecule has 1 aromatic rings. The van der Waals surface area contributed by atoms with E-state index in [0.29, 0.717) is 0 Å². The minimum absolute atomic E-state index is 0.0474. The highest BCUT2D eigenvalue weighted by Crippen LogP contribution is 2.16. The number of carboxylic acids is 1. The number of aromatic nitrogens is 1. The SMILES string of the molecule is CCS(=O)(=O)N(C)c1ccnc(C(=O)O)c1. The first kappa shape index (κ1) is 12.4. The third-order valence-corrected chi connectivity index (χ3v) is 3.88. The number of aromatic carboxylic acids is 1. The summed E-state index contributed by atoms with van der Waals surface area (Å²) >= 11 is 0. The van der Waals surface area contributed by atoms with Crippen molar-refractivity contribution in [1.82, 2.24) is 4.98 Å². The van der Waals surface area contributed by atoms with Gasteiger partial charge in [-0.2, -0.15) is 0 Å². The largest absolute Gasteiger partial charge is 0.477 e. The van der Waals surface area contributed by atoms with Crippen LogP contribution in [0, 0.1) is 0 Å². The van der Waals surface area contributed by atoms with Crippen LogP contribution in [0.2, 0.25) is 0 Å². The molecule has 0 spiro atoms. The van der Waals surface area contributed by atoms with Gasteiger partial charge in [0.1, 0.15) is 5.69 Å². The van der Waals surface area contributed by atoms with Crippen LogP contribution in [0.25, 0.3) is 0 Å². The van der Waals surface area contributed by atoms with Crippen molar-refractivity contribution in [3.8, 4) is 0 Å². The van der Waals surface area contributed by atoms with Gasteiger partial charge in [0.05, 0.1) is 11.4 Å². The summed E-state index contributed by atoms with van der Waals surface area (Å²) in [6, 6.07) is 2.66. The Bertz CT molecular complexity index is 498. The van der Waals surface area contributed by atoms with Gasteiger partial charge in [-0.1, -0.05) is 0 Å². The number of anilines is 1. The van der Waals surface area contributed by atoms with E-state index < -0.39 is 16.0 Å². The Labute approximate surface area is 93.6 Å². The molecule has 0 radical (unpaired) electrons. The van der Waals surface area contributed by atoms with Crippen molar-refractivity contribution in [1.29, 1.82) is 0 Å². The number of hydrogen-bond acceptors (Lipinski definition) is 4. The van der Waals surface area contributed by atoms with Gasteiger partial charge in [0.25, 0.3) is 0 Å². The lowest BCUT2D eigenvalue weighted by atomic mass is 10.3. The van der Waals surface area contributed by atoms with Crippen LogP contribution < -0.4 is 4.31 Å². The highest BCUT2D eigenvalue weighted by atomic mass is 32.2.